The lowest BCUT2D eigenvalue weighted by atomic mass is 9.95. The fourth-order valence-electron chi connectivity index (χ4n) is 1.98. The molecule has 22 heavy (non-hydrogen) atoms. The second kappa shape index (κ2) is 7.98. The summed E-state index contributed by atoms with van der Waals surface area (Å²) in [5, 5.41) is 0. The third kappa shape index (κ3) is 5.18. The molecule has 0 radical (unpaired) electrons. The molecule has 0 bridgehead atoms. The van der Waals surface area contributed by atoms with Gasteiger partial charge in [0, 0.05) is 6.42 Å². The number of aryl methyl sites for hydroxylation is 1. The summed E-state index contributed by atoms with van der Waals surface area (Å²) in [6.07, 6.45) is 5.66. The van der Waals surface area contributed by atoms with Gasteiger partial charge in [-0.1, -0.05) is 49.8 Å². The van der Waals surface area contributed by atoms with E-state index in [1.54, 1.807) is 0 Å². The summed E-state index contributed by atoms with van der Waals surface area (Å²) in [4.78, 5) is 11.8. The first-order valence-corrected chi connectivity index (χ1v) is 8.05. The maximum atomic E-state index is 11.8. The van der Waals surface area contributed by atoms with E-state index in [1.807, 2.05) is 40.7 Å². The zero-order valence-corrected chi connectivity index (χ0v) is 14.7. The van der Waals surface area contributed by atoms with Crippen LogP contribution < -0.4 is 0 Å². The summed E-state index contributed by atoms with van der Waals surface area (Å²) < 4.78 is 5.44. The highest BCUT2D eigenvalue weighted by Crippen LogP contribution is 2.28. The van der Waals surface area contributed by atoms with Crippen LogP contribution in [-0.2, 0) is 9.53 Å². The highest BCUT2D eigenvalue weighted by atomic mass is 16.5. The van der Waals surface area contributed by atoms with Gasteiger partial charge >= 0.3 is 5.97 Å². The summed E-state index contributed by atoms with van der Waals surface area (Å²) in [5.41, 5.74) is 3.34. The lowest BCUT2D eigenvalue weighted by molar-refractivity contribution is -0.148. The molecular formula is C20H28O2. The minimum Gasteiger partial charge on any atom is -0.431 e. The Hall–Kier alpha value is -1.83. The fraction of sp³-hybridized carbons (Fsp3) is 0.450. The molecule has 1 aromatic carbocycles. The van der Waals surface area contributed by atoms with E-state index in [2.05, 4.69) is 37.3 Å². The lowest BCUT2D eigenvalue weighted by Gasteiger charge is -2.20. The standard InChI is InChI=1S/C18H22O2.C2H6/c1-13-5-7-14(8-6-13)15-9-11-16(12-10-15)20-17(19)18(2,3)4;1-2/h5-9,11H,10,12H2,1-4H3;1-2H3. The maximum absolute atomic E-state index is 11.8. The average molecular weight is 300 g/mol. The van der Waals surface area contributed by atoms with Gasteiger partial charge in [0.05, 0.1) is 5.41 Å². The molecule has 0 heterocycles. The maximum Gasteiger partial charge on any atom is 0.316 e. The molecule has 0 saturated heterocycles. The van der Waals surface area contributed by atoms with Crippen LogP contribution in [0.15, 0.2) is 42.2 Å². The number of hydrogen-bond donors (Lipinski definition) is 0. The average Bonchev–Trinajstić information content (AvgIpc) is 2.50. The summed E-state index contributed by atoms with van der Waals surface area (Å²) in [5.74, 6) is 0.594. The minimum absolute atomic E-state index is 0.170. The van der Waals surface area contributed by atoms with Crippen LogP contribution in [0.25, 0.3) is 5.57 Å². The summed E-state index contributed by atoms with van der Waals surface area (Å²) in [6.45, 7) is 11.7. The molecule has 120 valence electrons. The molecule has 2 nitrogen and oxygen atoms in total. The zero-order valence-electron chi connectivity index (χ0n) is 14.7. The molecule has 0 amide bonds. The largest absolute Gasteiger partial charge is 0.431 e. The first-order chi connectivity index (χ1) is 10.4. The van der Waals surface area contributed by atoms with Crippen LogP contribution in [-0.4, -0.2) is 5.97 Å². The molecule has 0 atom stereocenters. The predicted octanol–water partition coefficient (Wildman–Crippen LogP) is 5.67. The number of benzene rings is 1. The van der Waals surface area contributed by atoms with Crippen molar-refractivity contribution in [3.05, 3.63) is 53.3 Å². The Morgan fingerprint density at radius 3 is 2.05 bits per heavy atom. The highest BCUT2D eigenvalue weighted by molar-refractivity contribution is 5.77. The quantitative estimate of drug-likeness (QED) is 0.658. The van der Waals surface area contributed by atoms with Crippen LogP contribution in [0, 0.1) is 12.3 Å². The summed E-state index contributed by atoms with van der Waals surface area (Å²) in [6, 6.07) is 8.52. The molecule has 0 spiro atoms. The normalized spacial score (nSPS) is 14.3. The SMILES string of the molecule is CC.Cc1ccc(C2=CC=C(OC(=O)C(C)(C)C)CC2)cc1. The van der Waals surface area contributed by atoms with Crippen molar-refractivity contribution >= 4 is 11.5 Å². The minimum atomic E-state index is -0.457. The molecule has 1 aliphatic rings. The van der Waals surface area contributed by atoms with Gasteiger partial charge in [-0.2, -0.15) is 0 Å². The van der Waals surface area contributed by atoms with E-state index in [1.165, 1.54) is 16.7 Å². The fourth-order valence-corrected chi connectivity index (χ4v) is 1.98. The number of ether oxygens (including phenoxy) is 1. The van der Waals surface area contributed by atoms with Crippen molar-refractivity contribution in [2.45, 2.75) is 54.4 Å². The molecule has 0 aliphatic heterocycles. The van der Waals surface area contributed by atoms with Gasteiger partial charge in [0.25, 0.3) is 0 Å². The summed E-state index contributed by atoms with van der Waals surface area (Å²) >= 11 is 0. The van der Waals surface area contributed by atoms with Gasteiger partial charge in [0.2, 0.25) is 0 Å². The molecule has 0 unspecified atom stereocenters. The third-order valence-corrected chi connectivity index (χ3v) is 3.37. The molecule has 0 aromatic heterocycles. The first-order valence-electron chi connectivity index (χ1n) is 8.05. The molecule has 0 saturated carbocycles. The molecule has 1 aliphatic carbocycles. The van der Waals surface area contributed by atoms with Gasteiger partial charge in [0.1, 0.15) is 5.76 Å². The molecule has 2 rings (SSSR count). The van der Waals surface area contributed by atoms with Gasteiger partial charge in [0.15, 0.2) is 0 Å². The van der Waals surface area contributed by atoms with E-state index in [-0.39, 0.29) is 5.97 Å². The number of hydrogen-bond acceptors (Lipinski definition) is 2. The van der Waals surface area contributed by atoms with E-state index < -0.39 is 5.41 Å². The molecule has 1 aromatic rings. The van der Waals surface area contributed by atoms with E-state index in [4.69, 9.17) is 4.74 Å². The Morgan fingerprint density at radius 1 is 1.00 bits per heavy atom. The van der Waals surface area contributed by atoms with Crippen LogP contribution >= 0.6 is 0 Å². The monoisotopic (exact) mass is 300 g/mol. The lowest BCUT2D eigenvalue weighted by Crippen LogP contribution is -2.23. The Balaban J connectivity index is 0.00000116. The van der Waals surface area contributed by atoms with Crippen molar-refractivity contribution in [3.63, 3.8) is 0 Å². The van der Waals surface area contributed by atoms with Gasteiger partial charge in [-0.05, 0) is 51.3 Å². The van der Waals surface area contributed by atoms with E-state index in [9.17, 15) is 4.79 Å². The summed E-state index contributed by atoms with van der Waals surface area (Å²) in [7, 11) is 0. The van der Waals surface area contributed by atoms with Gasteiger partial charge < -0.3 is 4.74 Å². The number of rotatable bonds is 2. The second-order valence-corrected chi connectivity index (χ2v) is 6.33. The highest BCUT2D eigenvalue weighted by Gasteiger charge is 2.24. The van der Waals surface area contributed by atoms with Crippen molar-refractivity contribution in [1.82, 2.24) is 0 Å². The van der Waals surface area contributed by atoms with Crippen LogP contribution in [0.1, 0.15) is 58.6 Å². The van der Waals surface area contributed by atoms with E-state index in [0.29, 0.717) is 0 Å². The molecular weight excluding hydrogens is 272 g/mol. The Morgan fingerprint density at radius 2 is 1.59 bits per heavy atom. The number of carbonyl (C=O) groups excluding carboxylic acids is 1. The van der Waals surface area contributed by atoms with Gasteiger partial charge in [-0.25, -0.2) is 0 Å². The topological polar surface area (TPSA) is 26.3 Å². The first kappa shape index (κ1) is 18.2. The van der Waals surface area contributed by atoms with Crippen LogP contribution in [0.3, 0.4) is 0 Å². The second-order valence-electron chi connectivity index (χ2n) is 6.33. The van der Waals surface area contributed by atoms with Crippen molar-refractivity contribution < 1.29 is 9.53 Å². The number of esters is 1. The molecule has 2 heteroatoms. The van der Waals surface area contributed by atoms with Crippen LogP contribution in [0.4, 0.5) is 0 Å². The van der Waals surface area contributed by atoms with E-state index >= 15 is 0 Å². The van der Waals surface area contributed by atoms with Crippen molar-refractivity contribution in [2.24, 2.45) is 5.41 Å². The van der Waals surface area contributed by atoms with Crippen LogP contribution in [0.2, 0.25) is 0 Å². The number of carbonyl (C=O) groups is 1. The molecule has 0 N–H and O–H groups in total. The van der Waals surface area contributed by atoms with Crippen molar-refractivity contribution in [2.75, 3.05) is 0 Å². The Bertz CT molecular complexity index is 554. The predicted molar refractivity (Wildman–Crippen MR) is 93.4 cm³/mol. The number of allylic oxidation sites excluding steroid dienone is 4. The van der Waals surface area contributed by atoms with Crippen molar-refractivity contribution in [1.29, 1.82) is 0 Å². The van der Waals surface area contributed by atoms with Crippen molar-refractivity contribution in [3.8, 4) is 0 Å². The smallest absolute Gasteiger partial charge is 0.316 e. The zero-order chi connectivity index (χ0) is 16.8. The Kier molecular flexibility index (Phi) is 6.61. The van der Waals surface area contributed by atoms with Crippen LogP contribution in [0.5, 0.6) is 0 Å². The van der Waals surface area contributed by atoms with E-state index in [0.717, 1.165) is 18.6 Å². The third-order valence-electron chi connectivity index (χ3n) is 3.37. The van der Waals surface area contributed by atoms with Gasteiger partial charge in [-0.15, -0.1) is 0 Å². The molecule has 0 fully saturated rings. The van der Waals surface area contributed by atoms with Gasteiger partial charge in [-0.3, -0.25) is 4.79 Å². The Labute approximate surface area is 134 Å².